The Morgan fingerprint density at radius 1 is 1.38 bits per heavy atom. The number of aromatic nitrogens is 4. The highest BCUT2D eigenvalue weighted by molar-refractivity contribution is 5.76. The van der Waals surface area contributed by atoms with E-state index in [9.17, 15) is 0 Å². The van der Waals surface area contributed by atoms with Gasteiger partial charge in [-0.15, -0.1) is 0 Å². The second kappa shape index (κ2) is 3.80. The zero-order valence-electron chi connectivity index (χ0n) is 9.52. The van der Waals surface area contributed by atoms with Crippen molar-refractivity contribution in [2.24, 2.45) is 7.05 Å². The number of hydrogen-bond donors (Lipinski definition) is 2. The average Bonchev–Trinajstić information content (AvgIpc) is 2.57. The van der Waals surface area contributed by atoms with E-state index in [1.54, 1.807) is 17.9 Å². The molecule has 0 atom stereocenters. The van der Waals surface area contributed by atoms with Gasteiger partial charge in [-0.2, -0.15) is 10.1 Å². The smallest absolute Gasteiger partial charge is 0.221 e. The van der Waals surface area contributed by atoms with Crippen molar-refractivity contribution in [1.29, 1.82) is 0 Å². The molecular formula is C10H14N6. The second-order valence-electron chi connectivity index (χ2n) is 3.54. The normalized spacial score (nSPS) is 10.4. The predicted molar refractivity (Wildman–Crippen MR) is 62.9 cm³/mol. The average molecular weight is 218 g/mol. The van der Waals surface area contributed by atoms with Crippen molar-refractivity contribution in [1.82, 2.24) is 19.7 Å². The van der Waals surface area contributed by atoms with E-state index >= 15 is 0 Å². The molecule has 2 rings (SSSR count). The molecule has 2 heterocycles. The van der Waals surface area contributed by atoms with Gasteiger partial charge in [0, 0.05) is 37.6 Å². The maximum atomic E-state index is 5.54. The van der Waals surface area contributed by atoms with Gasteiger partial charge in [-0.25, -0.2) is 4.98 Å². The predicted octanol–water partition coefficient (Wildman–Crippen LogP) is 0.809. The second-order valence-corrected chi connectivity index (χ2v) is 3.54. The summed E-state index contributed by atoms with van der Waals surface area (Å²) in [5.41, 5.74) is 8.39. The molecule has 0 saturated heterocycles. The third-order valence-electron chi connectivity index (χ3n) is 2.35. The van der Waals surface area contributed by atoms with Crippen molar-refractivity contribution >= 4 is 11.8 Å². The van der Waals surface area contributed by atoms with Crippen molar-refractivity contribution in [2.45, 2.75) is 6.92 Å². The van der Waals surface area contributed by atoms with Crippen LogP contribution in [0.5, 0.6) is 0 Å². The van der Waals surface area contributed by atoms with E-state index in [2.05, 4.69) is 20.4 Å². The fourth-order valence-electron chi connectivity index (χ4n) is 1.65. The van der Waals surface area contributed by atoms with Crippen LogP contribution in [0.15, 0.2) is 12.4 Å². The fraction of sp³-hybridized carbons (Fsp3) is 0.300. The van der Waals surface area contributed by atoms with E-state index in [0.29, 0.717) is 5.82 Å². The van der Waals surface area contributed by atoms with Gasteiger partial charge < -0.3 is 11.1 Å². The molecule has 0 aromatic carbocycles. The van der Waals surface area contributed by atoms with Gasteiger partial charge in [0.1, 0.15) is 5.82 Å². The largest absolute Gasteiger partial charge is 0.372 e. The Morgan fingerprint density at radius 2 is 2.12 bits per heavy atom. The molecule has 0 aliphatic heterocycles. The third kappa shape index (κ3) is 1.69. The molecular weight excluding hydrogens is 204 g/mol. The standard InChI is InChI=1S/C10H14N6/c1-6-8(5-16(3)15-6)7-4-13-10(11)14-9(7)12-2/h4-5H,1-3H3,(H3,11,12,13,14). The Bertz CT molecular complexity index is 516. The van der Waals surface area contributed by atoms with Gasteiger partial charge in [0.2, 0.25) is 5.95 Å². The Morgan fingerprint density at radius 3 is 2.69 bits per heavy atom. The summed E-state index contributed by atoms with van der Waals surface area (Å²) in [5.74, 6) is 0.971. The van der Waals surface area contributed by atoms with Gasteiger partial charge in [-0.05, 0) is 6.92 Å². The molecule has 0 bridgehead atoms. The van der Waals surface area contributed by atoms with Crippen molar-refractivity contribution in [2.75, 3.05) is 18.1 Å². The summed E-state index contributed by atoms with van der Waals surface area (Å²) in [6, 6.07) is 0. The molecule has 16 heavy (non-hydrogen) atoms. The minimum absolute atomic E-state index is 0.259. The molecule has 0 amide bonds. The van der Waals surface area contributed by atoms with Crippen LogP contribution in [-0.2, 0) is 7.05 Å². The van der Waals surface area contributed by atoms with Crippen molar-refractivity contribution < 1.29 is 0 Å². The first-order valence-electron chi connectivity index (χ1n) is 4.92. The van der Waals surface area contributed by atoms with Gasteiger partial charge in [0.05, 0.1) is 5.69 Å². The Hall–Kier alpha value is -2.11. The summed E-state index contributed by atoms with van der Waals surface area (Å²) in [7, 11) is 3.69. The SMILES string of the molecule is CNc1nc(N)ncc1-c1cn(C)nc1C. The van der Waals surface area contributed by atoms with Crippen LogP contribution in [-0.4, -0.2) is 26.8 Å². The molecule has 0 saturated carbocycles. The summed E-state index contributed by atoms with van der Waals surface area (Å²) in [4.78, 5) is 8.14. The molecule has 6 heteroatoms. The fourth-order valence-corrected chi connectivity index (χ4v) is 1.65. The minimum atomic E-state index is 0.259. The Labute approximate surface area is 93.5 Å². The topological polar surface area (TPSA) is 81.6 Å². The van der Waals surface area contributed by atoms with Crippen LogP contribution in [0.3, 0.4) is 0 Å². The number of aryl methyl sites for hydroxylation is 2. The van der Waals surface area contributed by atoms with Gasteiger partial charge in [-0.3, -0.25) is 4.68 Å². The molecule has 0 aliphatic carbocycles. The van der Waals surface area contributed by atoms with E-state index in [1.807, 2.05) is 20.2 Å². The van der Waals surface area contributed by atoms with Gasteiger partial charge in [0.25, 0.3) is 0 Å². The lowest BCUT2D eigenvalue weighted by molar-refractivity contribution is 0.756. The number of anilines is 2. The summed E-state index contributed by atoms with van der Waals surface area (Å²) in [5, 5.41) is 7.29. The number of nitrogens with zero attached hydrogens (tertiary/aromatic N) is 4. The lowest BCUT2D eigenvalue weighted by atomic mass is 10.1. The van der Waals surface area contributed by atoms with E-state index in [-0.39, 0.29) is 5.95 Å². The highest BCUT2D eigenvalue weighted by atomic mass is 15.2. The zero-order valence-corrected chi connectivity index (χ0v) is 9.52. The van der Waals surface area contributed by atoms with Crippen LogP contribution in [0.25, 0.3) is 11.1 Å². The summed E-state index contributed by atoms with van der Waals surface area (Å²) >= 11 is 0. The van der Waals surface area contributed by atoms with Crippen molar-refractivity contribution in [3.8, 4) is 11.1 Å². The van der Waals surface area contributed by atoms with E-state index < -0.39 is 0 Å². The van der Waals surface area contributed by atoms with Crippen LogP contribution in [0.2, 0.25) is 0 Å². The number of hydrogen-bond acceptors (Lipinski definition) is 5. The van der Waals surface area contributed by atoms with Crippen molar-refractivity contribution in [3.05, 3.63) is 18.1 Å². The van der Waals surface area contributed by atoms with Crippen molar-refractivity contribution in [3.63, 3.8) is 0 Å². The first-order chi connectivity index (χ1) is 7.61. The molecule has 0 radical (unpaired) electrons. The maximum absolute atomic E-state index is 5.54. The Balaban J connectivity index is 2.59. The Kier molecular flexibility index (Phi) is 2.47. The molecule has 84 valence electrons. The number of nitrogen functional groups attached to an aromatic ring is 1. The first kappa shape index (κ1) is 10.4. The number of rotatable bonds is 2. The van der Waals surface area contributed by atoms with E-state index in [1.165, 1.54) is 0 Å². The monoisotopic (exact) mass is 218 g/mol. The lowest BCUT2D eigenvalue weighted by Gasteiger charge is -2.06. The highest BCUT2D eigenvalue weighted by Crippen LogP contribution is 2.27. The minimum Gasteiger partial charge on any atom is -0.372 e. The van der Waals surface area contributed by atoms with Crippen LogP contribution in [0.4, 0.5) is 11.8 Å². The molecule has 3 N–H and O–H groups in total. The molecule has 0 spiro atoms. The van der Waals surface area contributed by atoms with Gasteiger partial charge >= 0.3 is 0 Å². The maximum Gasteiger partial charge on any atom is 0.221 e. The highest BCUT2D eigenvalue weighted by Gasteiger charge is 2.12. The molecule has 0 fully saturated rings. The van der Waals surface area contributed by atoms with Crippen LogP contribution >= 0.6 is 0 Å². The quantitative estimate of drug-likeness (QED) is 0.779. The van der Waals surface area contributed by atoms with Crippen LogP contribution in [0.1, 0.15) is 5.69 Å². The summed E-state index contributed by atoms with van der Waals surface area (Å²) in [6.45, 7) is 1.95. The van der Waals surface area contributed by atoms with Crippen LogP contribution in [0, 0.1) is 6.92 Å². The lowest BCUT2D eigenvalue weighted by Crippen LogP contribution is -2.01. The molecule has 0 aliphatic rings. The summed E-state index contributed by atoms with van der Waals surface area (Å²) in [6.07, 6.45) is 3.64. The van der Waals surface area contributed by atoms with Crippen LogP contribution < -0.4 is 11.1 Å². The molecule has 2 aromatic heterocycles. The molecule has 2 aromatic rings. The van der Waals surface area contributed by atoms with Gasteiger partial charge in [0.15, 0.2) is 0 Å². The molecule has 6 nitrogen and oxygen atoms in total. The number of nitrogens with one attached hydrogen (secondary N) is 1. The zero-order chi connectivity index (χ0) is 11.7. The number of nitrogens with two attached hydrogens (primary N) is 1. The van der Waals surface area contributed by atoms with E-state index in [4.69, 9.17) is 5.73 Å². The van der Waals surface area contributed by atoms with Gasteiger partial charge in [-0.1, -0.05) is 0 Å². The first-order valence-corrected chi connectivity index (χ1v) is 4.92. The molecule has 0 unspecified atom stereocenters. The third-order valence-corrected chi connectivity index (χ3v) is 2.35. The van der Waals surface area contributed by atoms with E-state index in [0.717, 1.165) is 16.8 Å². The summed E-state index contributed by atoms with van der Waals surface area (Å²) < 4.78 is 1.76.